The van der Waals surface area contributed by atoms with Crippen LogP contribution >= 0.6 is 11.8 Å². The molecule has 0 aliphatic carbocycles. The van der Waals surface area contributed by atoms with E-state index in [-0.39, 0.29) is 5.56 Å². The van der Waals surface area contributed by atoms with Crippen molar-refractivity contribution in [1.29, 1.82) is 0 Å². The molecule has 0 aromatic heterocycles. The first-order chi connectivity index (χ1) is 9.16. The summed E-state index contributed by atoms with van der Waals surface area (Å²) in [5.74, 6) is -5.86. The SMILES string of the molecule is O=C(SCCC(F)C(F)(F)C(F)(F)F)c1ccccc1. The van der Waals surface area contributed by atoms with Gasteiger partial charge in [-0.15, -0.1) is 0 Å². The van der Waals surface area contributed by atoms with E-state index in [0.717, 1.165) is 0 Å². The monoisotopic (exact) mass is 316 g/mol. The first kappa shape index (κ1) is 16.9. The van der Waals surface area contributed by atoms with Crippen LogP contribution in [-0.4, -0.2) is 29.1 Å². The van der Waals surface area contributed by atoms with Gasteiger partial charge < -0.3 is 0 Å². The highest BCUT2D eigenvalue weighted by Gasteiger charge is 2.62. The van der Waals surface area contributed by atoms with E-state index in [0.29, 0.717) is 11.8 Å². The van der Waals surface area contributed by atoms with Crippen LogP contribution < -0.4 is 0 Å². The number of hydrogen-bond donors (Lipinski definition) is 0. The third-order valence-electron chi connectivity index (χ3n) is 2.39. The lowest BCUT2D eigenvalue weighted by atomic mass is 10.1. The Bertz CT molecular complexity index is 445. The van der Waals surface area contributed by atoms with E-state index >= 15 is 0 Å². The highest BCUT2D eigenvalue weighted by atomic mass is 32.2. The molecule has 0 saturated carbocycles. The van der Waals surface area contributed by atoms with E-state index < -0.39 is 35.6 Å². The van der Waals surface area contributed by atoms with Gasteiger partial charge in [-0.3, -0.25) is 4.79 Å². The predicted molar refractivity (Wildman–Crippen MR) is 63.7 cm³/mol. The second-order valence-corrected chi connectivity index (χ2v) is 4.95. The molecule has 0 radical (unpaired) electrons. The van der Waals surface area contributed by atoms with Gasteiger partial charge in [0.1, 0.15) is 0 Å². The molecule has 0 spiro atoms. The zero-order valence-electron chi connectivity index (χ0n) is 9.96. The topological polar surface area (TPSA) is 17.1 Å². The van der Waals surface area contributed by atoms with Gasteiger partial charge in [-0.05, 0) is 6.42 Å². The summed E-state index contributed by atoms with van der Waals surface area (Å²) < 4.78 is 73.7. The number of rotatable bonds is 5. The molecular weight excluding hydrogens is 306 g/mol. The highest BCUT2D eigenvalue weighted by Crippen LogP contribution is 2.40. The molecular formula is C12H10F6OS. The molecule has 1 atom stereocenters. The van der Waals surface area contributed by atoms with Gasteiger partial charge in [-0.25, -0.2) is 4.39 Å². The lowest BCUT2D eigenvalue weighted by Gasteiger charge is -2.22. The molecule has 0 bridgehead atoms. The first-order valence-corrected chi connectivity index (χ1v) is 6.45. The van der Waals surface area contributed by atoms with Crippen molar-refractivity contribution >= 4 is 16.9 Å². The molecule has 1 nitrogen and oxygen atoms in total. The number of carbonyl (C=O) groups is 1. The smallest absolute Gasteiger partial charge is 0.282 e. The number of alkyl halides is 6. The summed E-state index contributed by atoms with van der Waals surface area (Å²) in [6.45, 7) is 0. The summed E-state index contributed by atoms with van der Waals surface area (Å²) in [4.78, 5) is 11.5. The zero-order chi connectivity index (χ0) is 15.4. The van der Waals surface area contributed by atoms with Crippen molar-refractivity contribution in [2.75, 3.05) is 5.75 Å². The summed E-state index contributed by atoms with van der Waals surface area (Å²) in [6.07, 6.45) is -10.4. The Labute approximate surface area is 115 Å². The normalized spacial score (nSPS) is 14.1. The second kappa shape index (κ2) is 6.51. The lowest BCUT2D eigenvalue weighted by Crippen LogP contribution is -2.45. The largest absolute Gasteiger partial charge is 0.456 e. The molecule has 0 aliphatic rings. The molecule has 1 rings (SSSR count). The fraction of sp³-hybridized carbons (Fsp3) is 0.417. The van der Waals surface area contributed by atoms with Crippen molar-refractivity contribution in [2.45, 2.75) is 24.7 Å². The van der Waals surface area contributed by atoms with E-state index in [2.05, 4.69) is 0 Å². The van der Waals surface area contributed by atoms with Gasteiger partial charge in [-0.2, -0.15) is 22.0 Å². The number of thioether (sulfide) groups is 1. The van der Waals surface area contributed by atoms with Gasteiger partial charge in [0.2, 0.25) is 5.12 Å². The molecule has 0 amide bonds. The van der Waals surface area contributed by atoms with Crippen LogP contribution in [0, 0.1) is 0 Å². The number of hydrogen-bond acceptors (Lipinski definition) is 2. The average Bonchev–Trinajstić information content (AvgIpc) is 2.38. The van der Waals surface area contributed by atoms with Crippen molar-refractivity contribution < 1.29 is 31.1 Å². The standard InChI is InChI=1S/C12H10F6OS/c13-9(11(14,15)12(16,17)18)6-7-20-10(19)8-4-2-1-3-5-8/h1-5,9H,6-7H2. The molecule has 112 valence electrons. The number of carbonyl (C=O) groups excluding carboxylic acids is 1. The van der Waals surface area contributed by atoms with Crippen molar-refractivity contribution in [1.82, 2.24) is 0 Å². The van der Waals surface area contributed by atoms with E-state index in [4.69, 9.17) is 0 Å². The minimum absolute atomic E-state index is 0.274. The summed E-state index contributed by atoms with van der Waals surface area (Å²) in [5.41, 5.74) is 0.274. The minimum Gasteiger partial charge on any atom is -0.282 e. The van der Waals surface area contributed by atoms with Crippen LogP contribution in [0.5, 0.6) is 0 Å². The van der Waals surface area contributed by atoms with E-state index in [1.807, 2.05) is 0 Å². The minimum atomic E-state index is -5.93. The van der Waals surface area contributed by atoms with E-state index in [1.54, 1.807) is 18.2 Å². The Hall–Kier alpha value is -1.18. The maximum absolute atomic E-state index is 12.9. The van der Waals surface area contributed by atoms with Gasteiger partial charge in [0.25, 0.3) is 0 Å². The van der Waals surface area contributed by atoms with Crippen LogP contribution in [0.1, 0.15) is 16.8 Å². The Morgan fingerprint density at radius 1 is 1.10 bits per heavy atom. The van der Waals surface area contributed by atoms with Crippen molar-refractivity contribution in [2.24, 2.45) is 0 Å². The van der Waals surface area contributed by atoms with E-state index in [1.165, 1.54) is 12.1 Å². The molecule has 0 fully saturated rings. The van der Waals surface area contributed by atoms with Crippen LogP contribution in [-0.2, 0) is 0 Å². The molecule has 20 heavy (non-hydrogen) atoms. The van der Waals surface area contributed by atoms with Crippen LogP contribution in [0.15, 0.2) is 30.3 Å². The quantitative estimate of drug-likeness (QED) is 0.745. The maximum atomic E-state index is 12.9. The van der Waals surface area contributed by atoms with Gasteiger partial charge in [0, 0.05) is 11.3 Å². The number of benzene rings is 1. The lowest BCUT2D eigenvalue weighted by molar-refractivity contribution is -0.303. The van der Waals surface area contributed by atoms with Gasteiger partial charge in [0.05, 0.1) is 0 Å². The van der Waals surface area contributed by atoms with Crippen molar-refractivity contribution in [3.8, 4) is 0 Å². The highest BCUT2D eigenvalue weighted by molar-refractivity contribution is 8.14. The Morgan fingerprint density at radius 3 is 2.15 bits per heavy atom. The van der Waals surface area contributed by atoms with Crippen LogP contribution in [0.4, 0.5) is 26.3 Å². The molecule has 1 unspecified atom stereocenters. The molecule has 1 aromatic rings. The Balaban J connectivity index is 2.47. The zero-order valence-corrected chi connectivity index (χ0v) is 10.8. The molecule has 0 heterocycles. The Kier molecular flexibility index (Phi) is 5.50. The maximum Gasteiger partial charge on any atom is 0.456 e. The summed E-state index contributed by atoms with van der Waals surface area (Å²) in [7, 11) is 0. The van der Waals surface area contributed by atoms with E-state index in [9.17, 15) is 31.1 Å². The fourth-order valence-electron chi connectivity index (χ4n) is 1.27. The Morgan fingerprint density at radius 2 is 1.65 bits per heavy atom. The van der Waals surface area contributed by atoms with Crippen LogP contribution in [0.25, 0.3) is 0 Å². The van der Waals surface area contributed by atoms with Gasteiger partial charge >= 0.3 is 12.1 Å². The van der Waals surface area contributed by atoms with Crippen LogP contribution in [0.2, 0.25) is 0 Å². The fourth-order valence-corrected chi connectivity index (χ4v) is 2.08. The molecule has 0 aliphatic heterocycles. The van der Waals surface area contributed by atoms with Gasteiger partial charge in [-0.1, -0.05) is 42.1 Å². The molecule has 0 saturated heterocycles. The second-order valence-electron chi connectivity index (χ2n) is 3.88. The predicted octanol–water partition coefficient (Wildman–Crippen LogP) is 4.49. The third kappa shape index (κ3) is 4.16. The molecule has 1 aromatic carbocycles. The molecule has 0 N–H and O–H groups in total. The van der Waals surface area contributed by atoms with Crippen molar-refractivity contribution in [3.63, 3.8) is 0 Å². The average molecular weight is 316 g/mol. The third-order valence-corrected chi connectivity index (χ3v) is 3.32. The molecule has 8 heteroatoms. The first-order valence-electron chi connectivity index (χ1n) is 5.47. The van der Waals surface area contributed by atoms with Crippen LogP contribution in [0.3, 0.4) is 0 Å². The summed E-state index contributed by atoms with van der Waals surface area (Å²) in [6, 6.07) is 7.73. The number of halogens is 6. The summed E-state index contributed by atoms with van der Waals surface area (Å²) in [5, 5.41) is -0.506. The van der Waals surface area contributed by atoms with Crippen molar-refractivity contribution in [3.05, 3.63) is 35.9 Å². The van der Waals surface area contributed by atoms with Gasteiger partial charge in [0.15, 0.2) is 6.17 Å². The summed E-state index contributed by atoms with van der Waals surface area (Å²) >= 11 is 0.505.